The van der Waals surface area contributed by atoms with Crippen LogP contribution >= 0.6 is 0 Å². The SMILES string of the molecule is O=C(C[C@H](NC(=O)[C@H](O)[C@@H](NC(=O)c1ccccc1)c1ccccc1)C(=O)O)OCc1ccccc1. The molecule has 0 fully saturated rings. The van der Waals surface area contributed by atoms with Crippen molar-refractivity contribution in [3.05, 3.63) is 108 Å². The molecule has 0 saturated carbocycles. The van der Waals surface area contributed by atoms with E-state index in [1.165, 1.54) is 0 Å². The summed E-state index contributed by atoms with van der Waals surface area (Å²) in [5.41, 5.74) is 1.46. The summed E-state index contributed by atoms with van der Waals surface area (Å²) in [6.07, 6.45) is -2.49. The summed E-state index contributed by atoms with van der Waals surface area (Å²) in [6.45, 7) is -0.0514. The van der Waals surface area contributed by atoms with Gasteiger partial charge >= 0.3 is 11.9 Å². The molecule has 0 radical (unpaired) electrons. The number of amides is 2. The molecule has 0 saturated heterocycles. The highest BCUT2D eigenvalue weighted by atomic mass is 16.5. The fourth-order valence-electron chi connectivity index (χ4n) is 3.39. The van der Waals surface area contributed by atoms with E-state index in [0.717, 1.165) is 5.56 Å². The van der Waals surface area contributed by atoms with Crippen molar-refractivity contribution in [2.24, 2.45) is 0 Å². The maximum atomic E-state index is 12.8. The molecule has 0 aliphatic rings. The Labute approximate surface area is 207 Å². The highest BCUT2D eigenvalue weighted by Crippen LogP contribution is 2.19. The molecule has 0 aliphatic heterocycles. The first-order valence-corrected chi connectivity index (χ1v) is 11.2. The lowest BCUT2D eigenvalue weighted by Crippen LogP contribution is -2.50. The lowest BCUT2D eigenvalue weighted by Gasteiger charge is -2.25. The topological polar surface area (TPSA) is 142 Å². The van der Waals surface area contributed by atoms with Gasteiger partial charge in [0.1, 0.15) is 12.6 Å². The number of esters is 1. The van der Waals surface area contributed by atoms with Gasteiger partial charge in [-0.3, -0.25) is 14.4 Å². The van der Waals surface area contributed by atoms with Crippen LogP contribution in [-0.2, 0) is 25.7 Å². The molecule has 4 N–H and O–H groups in total. The number of aliphatic hydroxyl groups excluding tert-OH is 1. The third-order valence-corrected chi connectivity index (χ3v) is 5.29. The minimum absolute atomic E-state index is 0.0514. The number of ether oxygens (including phenoxy) is 1. The van der Waals surface area contributed by atoms with Crippen molar-refractivity contribution < 1.29 is 34.1 Å². The van der Waals surface area contributed by atoms with Gasteiger partial charge in [0.15, 0.2) is 6.10 Å². The molecule has 3 atom stereocenters. The number of carboxylic acids is 1. The van der Waals surface area contributed by atoms with Crippen LogP contribution in [0.1, 0.15) is 33.9 Å². The van der Waals surface area contributed by atoms with Crippen LogP contribution in [0.5, 0.6) is 0 Å². The fourth-order valence-corrected chi connectivity index (χ4v) is 3.39. The average molecular weight is 491 g/mol. The molecule has 0 aromatic heterocycles. The molecule has 0 aliphatic carbocycles. The van der Waals surface area contributed by atoms with Gasteiger partial charge in [-0.15, -0.1) is 0 Å². The minimum atomic E-state index is -1.85. The van der Waals surface area contributed by atoms with Crippen LogP contribution in [-0.4, -0.2) is 46.1 Å². The van der Waals surface area contributed by atoms with Gasteiger partial charge in [-0.2, -0.15) is 0 Å². The summed E-state index contributed by atoms with van der Waals surface area (Å²) in [4.78, 5) is 49.4. The van der Waals surface area contributed by atoms with Gasteiger partial charge < -0.3 is 25.6 Å². The van der Waals surface area contributed by atoms with Crippen molar-refractivity contribution in [1.29, 1.82) is 0 Å². The summed E-state index contributed by atoms with van der Waals surface area (Å²) in [5.74, 6) is -3.91. The van der Waals surface area contributed by atoms with Crippen LogP contribution in [0.25, 0.3) is 0 Å². The molecule has 0 heterocycles. The van der Waals surface area contributed by atoms with E-state index in [4.69, 9.17) is 4.74 Å². The number of rotatable bonds is 11. The Morgan fingerprint density at radius 2 is 1.33 bits per heavy atom. The normalized spacial score (nSPS) is 13.0. The van der Waals surface area contributed by atoms with Crippen LogP contribution in [0.2, 0.25) is 0 Å². The summed E-state index contributed by atoms with van der Waals surface area (Å²) in [5, 5.41) is 25.1. The molecular weight excluding hydrogens is 464 g/mol. The maximum absolute atomic E-state index is 12.8. The van der Waals surface area contributed by atoms with Crippen molar-refractivity contribution in [2.75, 3.05) is 0 Å². The predicted molar refractivity (Wildman–Crippen MR) is 130 cm³/mol. The first kappa shape index (κ1) is 26.1. The highest BCUT2D eigenvalue weighted by molar-refractivity contribution is 5.95. The second-order valence-corrected chi connectivity index (χ2v) is 7.92. The largest absolute Gasteiger partial charge is 0.480 e. The Morgan fingerprint density at radius 3 is 1.92 bits per heavy atom. The number of aliphatic hydroxyl groups is 1. The number of nitrogens with one attached hydrogen (secondary N) is 2. The number of hydrogen-bond donors (Lipinski definition) is 4. The zero-order valence-corrected chi connectivity index (χ0v) is 19.2. The number of aliphatic carboxylic acids is 1. The standard InChI is InChI=1S/C27H26N2O7/c30-22(36-17-18-10-4-1-5-11-18)16-21(27(34)35)28-26(33)24(31)23(19-12-6-2-7-13-19)29-25(32)20-14-8-3-9-15-20/h1-15,21,23-24,31H,16-17H2,(H,28,33)(H,29,32)(H,34,35)/t21-,23-,24+/m0/s1. The van der Waals surface area contributed by atoms with E-state index in [-0.39, 0.29) is 6.61 Å². The molecule has 0 spiro atoms. The molecule has 0 unspecified atom stereocenters. The van der Waals surface area contributed by atoms with E-state index in [0.29, 0.717) is 11.1 Å². The summed E-state index contributed by atoms with van der Waals surface area (Å²) in [7, 11) is 0. The van der Waals surface area contributed by atoms with Gasteiger partial charge in [0.05, 0.1) is 12.5 Å². The zero-order valence-electron chi connectivity index (χ0n) is 19.2. The Kier molecular flexibility index (Phi) is 9.30. The molecule has 9 heteroatoms. The van der Waals surface area contributed by atoms with Crippen molar-refractivity contribution in [3.8, 4) is 0 Å². The summed E-state index contributed by atoms with van der Waals surface area (Å²) in [6, 6.07) is 22.5. The van der Waals surface area contributed by atoms with Crippen LogP contribution < -0.4 is 10.6 Å². The summed E-state index contributed by atoms with van der Waals surface area (Å²) >= 11 is 0. The molecular formula is C27H26N2O7. The quantitative estimate of drug-likeness (QED) is 0.302. The third kappa shape index (κ3) is 7.51. The van der Waals surface area contributed by atoms with E-state index < -0.39 is 48.4 Å². The molecule has 186 valence electrons. The van der Waals surface area contributed by atoms with Gasteiger partial charge in [0.2, 0.25) is 0 Å². The number of carboxylic acid groups (broad SMARTS) is 1. The van der Waals surface area contributed by atoms with E-state index >= 15 is 0 Å². The van der Waals surface area contributed by atoms with Gasteiger partial charge in [-0.25, -0.2) is 4.79 Å². The number of carbonyl (C=O) groups excluding carboxylic acids is 3. The fraction of sp³-hybridized carbons (Fsp3) is 0.185. The zero-order chi connectivity index (χ0) is 25.9. The molecule has 3 aromatic rings. The van der Waals surface area contributed by atoms with Crippen molar-refractivity contribution in [3.63, 3.8) is 0 Å². The second-order valence-electron chi connectivity index (χ2n) is 7.92. The Morgan fingerprint density at radius 1 is 0.778 bits per heavy atom. The second kappa shape index (κ2) is 12.8. The molecule has 3 aromatic carbocycles. The number of carbonyl (C=O) groups is 4. The van der Waals surface area contributed by atoms with Crippen molar-refractivity contribution >= 4 is 23.8 Å². The number of benzene rings is 3. The van der Waals surface area contributed by atoms with Crippen LogP contribution in [0.3, 0.4) is 0 Å². The van der Waals surface area contributed by atoms with Gasteiger partial charge in [-0.1, -0.05) is 78.9 Å². The minimum Gasteiger partial charge on any atom is -0.480 e. The maximum Gasteiger partial charge on any atom is 0.326 e. The molecule has 36 heavy (non-hydrogen) atoms. The number of hydrogen-bond acceptors (Lipinski definition) is 6. The van der Waals surface area contributed by atoms with E-state index in [1.807, 2.05) is 0 Å². The van der Waals surface area contributed by atoms with Crippen molar-refractivity contribution in [1.82, 2.24) is 10.6 Å². The smallest absolute Gasteiger partial charge is 0.326 e. The van der Waals surface area contributed by atoms with E-state index in [9.17, 15) is 29.4 Å². The average Bonchev–Trinajstić information content (AvgIpc) is 2.91. The van der Waals surface area contributed by atoms with Gasteiger partial charge in [0.25, 0.3) is 11.8 Å². The predicted octanol–water partition coefficient (Wildman–Crippen LogP) is 2.22. The molecule has 9 nitrogen and oxygen atoms in total. The Balaban J connectivity index is 1.68. The van der Waals surface area contributed by atoms with Gasteiger partial charge in [0, 0.05) is 5.56 Å². The first-order chi connectivity index (χ1) is 17.3. The molecule has 2 amide bonds. The lowest BCUT2D eigenvalue weighted by atomic mass is 9.99. The van der Waals surface area contributed by atoms with Crippen molar-refractivity contribution in [2.45, 2.75) is 31.2 Å². The Hall–Kier alpha value is -4.50. The Bertz CT molecular complexity index is 1170. The highest BCUT2D eigenvalue weighted by Gasteiger charge is 2.33. The van der Waals surface area contributed by atoms with Gasteiger partial charge in [-0.05, 0) is 23.3 Å². The first-order valence-electron chi connectivity index (χ1n) is 11.2. The third-order valence-electron chi connectivity index (χ3n) is 5.29. The monoisotopic (exact) mass is 490 g/mol. The molecule has 0 bridgehead atoms. The van der Waals surface area contributed by atoms with Crippen LogP contribution in [0.4, 0.5) is 0 Å². The van der Waals surface area contributed by atoms with E-state index in [2.05, 4.69) is 10.6 Å². The van der Waals surface area contributed by atoms with E-state index in [1.54, 1.807) is 91.0 Å². The van der Waals surface area contributed by atoms with Crippen LogP contribution in [0, 0.1) is 0 Å². The van der Waals surface area contributed by atoms with Crippen LogP contribution in [0.15, 0.2) is 91.0 Å². The summed E-state index contributed by atoms with van der Waals surface area (Å²) < 4.78 is 5.10. The lowest BCUT2D eigenvalue weighted by molar-refractivity contribution is -0.152. The molecule has 3 rings (SSSR count).